The minimum absolute atomic E-state index is 0.173. The van der Waals surface area contributed by atoms with Crippen molar-refractivity contribution in [2.45, 2.75) is 19.4 Å². The Morgan fingerprint density at radius 1 is 1.12 bits per heavy atom. The van der Waals surface area contributed by atoms with Gasteiger partial charge in [0.1, 0.15) is 0 Å². The SMILES string of the molecule is Cn1c(N2CCCC2)nc2c1c(=O)n(Cc1cccc(Cl)c1)c(=O)n2C. The van der Waals surface area contributed by atoms with E-state index in [1.165, 1.54) is 9.13 Å². The van der Waals surface area contributed by atoms with E-state index in [0.29, 0.717) is 16.2 Å². The number of aryl methyl sites for hydroxylation is 2. The first-order chi connectivity index (χ1) is 12.5. The Labute approximate surface area is 155 Å². The highest BCUT2D eigenvalue weighted by Gasteiger charge is 2.23. The molecule has 1 aliphatic rings. The molecule has 1 aliphatic heterocycles. The van der Waals surface area contributed by atoms with Gasteiger partial charge in [-0.3, -0.25) is 13.9 Å². The molecular formula is C18H20ClN5O2. The summed E-state index contributed by atoms with van der Waals surface area (Å²) in [6, 6.07) is 7.18. The van der Waals surface area contributed by atoms with E-state index in [0.717, 1.165) is 37.4 Å². The molecular weight excluding hydrogens is 354 g/mol. The van der Waals surface area contributed by atoms with Crippen molar-refractivity contribution in [3.8, 4) is 0 Å². The van der Waals surface area contributed by atoms with E-state index in [4.69, 9.17) is 11.6 Å². The van der Waals surface area contributed by atoms with Crippen molar-refractivity contribution in [3.63, 3.8) is 0 Å². The lowest BCUT2D eigenvalue weighted by molar-refractivity contribution is 0.655. The van der Waals surface area contributed by atoms with Crippen molar-refractivity contribution in [1.29, 1.82) is 0 Å². The van der Waals surface area contributed by atoms with Crippen LogP contribution in [-0.4, -0.2) is 31.8 Å². The van der Waals surface area contributed by atoms with Crippen LogP contribution in [-0.2, 0) is 20.6 Å². The first-order valence-electron chi connectivity index (χ1n) is 8.63. The largest absolute Gasteiger partial charge is 0.342 e. The second-order valence-electron chi connectivity index (χ2n) is 6.70. The first kappa shape index (κ1) is 16.9. The topological polar surface area (TPSA) is 65.1 Å². The molecule has 7 nitrogen and oxygen atoms in total. The van der Waals surface area contributed by atoms with Crippen molar-refractivity contribution >= 4 is 28.7 Å². The molecule has 26 heavy (non-hydrogen) atoms. The number of fused-ring (bicyclic) bond motifs is 1. The van der Waals surface area contributed by atoms with Gasteiger partial charge in [0.05, 0.1) is 6.54 Å². The average Bonchev–Trinajstić information content (AvgIpc) is 3.25. The Kier molecular flexibility index (Phi) is 4.11. The molecule has 0 aliphatic carbocycles. The normalized spacial score (nSPS) is 14.5. The highest BCUT2D eigenvalue weighted by Crippen LogP contribution is 2.21. The molecule has 3 heterocycles. The van der Waals surface area contributed by atoms with E-state index < -0.39 is 0 Å². The van der Waals surface area contributed by atoms with Crippen LogP contribution >= 0.6 is 11.6 Å². The zero-order valence-electron chi connectivity index (χ0n) is 14.8. The van der Waals surface area contributed by atoms with Gasteiger partial charge in [-0.05, 0) is 30.5 Å². The van der Waals surface area contributed by atoms with Crippen LogP contribution in [0.5, 0.6) is 0 Å². The fraction of sp³-hybridized carbons (Fsp3) is 0.389. The minimum Gasteiger partial charge on any atom is -0.342 e. The predicted molar refractivity (Wildman–Crippen MR) is 102 cm³/mol. The van der Waals surface area contributed by atoms with Gasteiger partial charge in [0.15, 0.2) is 11.2 Å². The summed E-state index contributed by atoms with van der Waals surface area (Å²) in [7, 11) is 3.48. The Balaban J connectivity index is 1.90. The Morgan fingerprint density at radius 3 is 2.54 bits per heavy atom. The van der Waals surface area contributed by atoms with Crippen molar-refractivity contribution in [2.24, 2.45) is 14.1 Å². The van der Waals surface area contributed by atoms with Gasteiger partial charge in [-0.15, -0.1) is 0 Å². The van der Waals surface area contributed by atoms with Gasteiger partial charge in [0.25, 0.3) is 5.56 Å². The summed E-state index contributed by atoms with van der Waals surface area (Å²) < 4.78 is 4.49. The number of hydrogen-bond acceptors (Lipinski definition) is 4. The van der Waals surface area contributed by atoms with E-state index in [-0.39, 0.29) is 17.8 Å². The Morgan fingerprint density at radius 2 is 1.85 bits per heavy atom. The predicted octanol–water partition coefficient (Wildman–Crippen LogP) is 1.74. The molecule has 0 N–H and O–H groups in total. The van der Waals surface area contributed by atoms with Crippen molar-refractivity contribution in [3.05, 3.63) is 55.7 Å². The summed E-state index contributed by atoms with van der Waals surface area (Å²) in [5.74, 6) is 0.741. The quantitative estimate of drug-likeness (QED) is 0.701. The van der Waals surface area contributed by atoms with Gasteiger partial charge in [-0.2, -0.15) is 4.98 Å². The molecule has 0 spiro atoms. The molecule has 1 aromatic carbocycles. The number of hydrogen-bond donors (Lipinski definition) is 0. The standard InChI is InChI=1S/C18H20ClN5O2/c1-21-14-15(20-17(21)23-8-3-4-9-23)22(2)18(26)24(16(14)25)11-12-6-5-7-13(19)10-12/h5-7,10H,3-4,8-9,11H2,1-2H3. The summed E-state index contributed by atoms with van der Waals surface area (Å²) in [4.78, 5) is 32.6. The summed E-state index contributed by atoms with van der Waals surface area (Å²) >= 11 is 6.03. The highest BCUT2D eigenvalue weighted by atomic mass is 35.5. The Bertz CT molecular complexity index is 1110. The van der Waals surface area contributed by atoms with Crippen LogP contribution in [0.25, 0.3) is 11.2 Å². The lowest BCUT2D eigenvalue weighted by atomic mass is 10.2. The van der Waals surface area contributed by atoms with E-state index >= 15 is 0 Å². The molecule has 0 radical (unpaired) electrons. The molecule has 0 saturated carbocycles. The highest BCUT2D eigenvalue weighted by molar-refractivity contribution is 6.30. The van der Waals surface area contributed by atoms with Crippen molar-refractivity contribution in [1.82, 2.24) is 18.7 Å². The fourth-order valence-corrected chi connectivity index (χ4v) is 3.80. The maximum Gasteiger partial charge on any atom is 0.332 e. The zero-order valence-corrected chi connectivity index (χ0v) is 15.5. The smallest absolute Gasteiger partial charge is 0.332 e. The summed E-state index contributed by atoms with van der Waals surface area (Å²) in [6.45, 7) is 2.01. The van der Waals surface area contributed by atoms with Gasteiger partial charge in [-0.1, -0.05) is 23.7 Å². The van der Waals surface area contributed by atoms with E-state index in [9.17, 15) is 9.59 Å². The van der Waals surface area contributed by atoms with Crippen LogP contribution in [0.3, 0.4) is 0 Å². The van der Waals surface area contributed by atoms with E-state index in [1.807, 2.05) is 13.1 Å². The molecule has 4 rings (SSSR count). The number of imidazole rings is 1. The summed E-state index contributed by atoms with van der Waals surface area (Å²) in [6.07, 6.45) is 2.22. The maximum absolute atomic E-state index is 13.1. The molecule has 0 bridgehead atoms. The van der Waals surface area contributed by atoms with Gasteiger partial charge < -0.3 is 9.47 Å². The number of nitrogens with zero attached hydrogens (tertiary/aromatic N) is 5. The number of halogens is 1. The van der Waals surface area contributed by atoms with Crippen molar-refractivity contribution < 1.29 is 0 Å². The molecule has 0 atom stereocenters. The zero-order chi connectivity index (χ0) is 18.4. The van der Waals surface area contributed by atoms with Crippen LogP contribution in [0.1, 0.15) is 18.4 Å². The fourth-order valence-electron chi connectivity index (χ4n) is 3.59. The molecule has 1 fully saturated rings. The second kappa shape index (κ2) is 6.32. The first-order valence-corrected chi connectivity index (χ1v) is 9.01. The molecule has 2 aromatic heterocycles. The van der Waals surface area contributed by atoms with Gasteiger partial charge in [-0.25, -0.2) is 4.79 Å². The lowest BCUT2D eigenvalue weighted by Gasteiger charge is -2.15. The third kappa shape index (κ3) is 2.63. The van der Waals surface area contributed by atoms with E-state index in [2.05, 4.69) is 9.88 Å². The summed E-state index contributed by atoms with van der Waals surface area (Å²) in [5, 5.41) is 0.574. The van der Waals surface area contributed by atoms with Crippen LogP contribution in [0.4, 0.5) is 5.95 Å². The maximum atomic E-state index is 13.1. The molecule has 0 unspecified atom stereocenters. The van der Waals surface area contributed by atoms with Crippen LogP contribution in [0.15, 0.2) is 33.9 Å². The van der Waals surface area contributed by atoms with E-state index in [1.54, 1.807) is 29.8 Å². The second-order valence-corrected chi connectivity index (χ2v) is 7.14. The summed E-state index contributed by atoms with van der Waals surface area (Å²) in [5.41, 5.74) is 0.956. The van der Waals surface area contributed by atoms with Crippen LogP contribution in [0, 0.1) is 0 Å². The van der Waals surface area contributed by atoms with Crippen LogP contribution < -0.4 is 16.1 Å². The molecule has 136 valence electrons. The van der Waals surface area contributed by atoms with Crippen LogP contribution in [0.2, 0.25) is 5.02 Å². The van der Waals surface area contributed by atoms with Gasteiger partial charge in [0, 0.05) is 32.2 Å². The monoisotopic (exact) mass is 373 g/mol. The molecule has 1 saturated heterocycles. The number of benzene rings is 1. The Hall–Kier alpha value is -2.54. The number of anilines is 1. The number of aromatic nitrogens is 4. The lowest BCUT2D eigenvalue weighted by Crippen LogP contribution is -2.39. The third-order valence-corrected chi connectivity index (χ3v) is 5.19. The van der Waals surface area contributed by atoms with Crippen molar-refractivity contribution in [2.75, 3.05) is 18.0 Å². The van der Waals surface area contributed by atoms with Gasteiger partial charge >= 0.3 is 5.69 Å². The average molecular weight is 374 g/mol. The number of rotatable bonds is 3. The molecule has 3 aromatic rings. The minimum atomic E-state index is -0.381. The molecule has 0 amide bonds. The molecule has 8 heteroatoms. The van der Waals surface area contributed by atoms with Gasteiger partial charge in [0.2, 0.25) is 5.95 Å². The third-order valence-electron chi connectivity index (χ3n) is 4.96.